The second-order valence-electron chi connectivity index (χ2n) is 6.77. The number of carbonyl (C=O) groups excluding carboxylic acids is 1. The number of sulfonamides is 1. The van der Waals surface area contributed by atoms with Gasteiger partial charge in [0.25, 0.3) is 0 Å². The van der Waals surface area contributed by atoms with Crippen molar-refractivity contribution in [1.82, 2.24) is 19.0 Å². The van der Waals surface area contributed by atoms with Crippen LogP contribution in [-0.2, 0) is 21.9 Å². The Bertz CT molecular complexity index is 679. The van der Waals surface area contributed by atoms with Crippen LogP contribution in [0.25, 0.3) is 0 Å². The first-order valence-corrected chi connectivity index (χ1v) is 10.2. The third-order valence-electron chi connectivity index (χ3n) is 5.04. The molecule has 0 N–H and O–H groups in total. The number of hydrogen-bond donors (Lipinski definition) is 0. The molecule has 1 aliphatic heterocycles. The third kappa shape index (κ3) is 3.64. The lowest BCUT2D eigenvalue weighted by Gasteiger charge is -2.28. The van der Waals surface area contributed by atoms with Crippen molar-refractivity contribution < 1.29 is 13.2 Å². The van der Waals surface area contributed by atoms with Crippen LogP contribution in [0.4, 0.5) is 0 Å². The highest BCUT2D eigenvalue weighted by atomic mass is 32.2. The van der Waals surface area contributed by atoms with E-state index in [1.165, 1.54) is 27.8 Å². The molecule has 3 rings (SSSR count). The normalized spacial score (nSPS) is 21.6. The Hall–Kier alpha value is -1.41. The Balaban J connectivity index is 1.65. The van der Waals surface area contributed by atoms with Crippen LogP contribution in [0.15, 0.2) is 17.3 Å². The van der Waals surface area contributed by atoms with Crippen LogP contribution in [0.5, 0.6) is 0 Å². The fourth-order valence-corrected chi connectivity index (χ4v) is 5.10. The first-order valence-electron chi connectivity index (χ1n) is 8.76. The topological polar surface area (TPSA) is 75.5 Å². The van der Waals surface area contributed by atoms with Gasteiger partial charge in [0.1, 0.15) is 4.90 Å². The van der Waals surface area contributed by atoms with Crippen molar-refractivity contribution in [2.45, 2.75) is 43.4 Å². The molecule has 1 aliphatic carbocycles. The molecule has 2 aliphatic rings. The number of aryl methyl sites for hydroxylation is 1. The number of hydrogen-bond acceptors (Lipinski definition) is 4. The van der Waals surface area contributed by atoms with Crippen molar-refractivity contribution in [1.29, 1.82) is 0 Å². The first-order chi connectivity index (χ1) is 11.5. The number of carbonyl (C=O) groups is 1. The molecular weight excluding hydrogens is 328 g/mol. The van der Waals surface area contributed by atoms with Crippen LogP contribution in [0.2, 0.25) is 0 Å². The van der Waals surface area contributed by atoms with E-state index in [0.29, 0.717) is 32.6 Å². The van der Waals surface area contributed by atoms with Gasteiger partial charge in [-0.1, -0.05) is 19.3 Å². The molecule has 0 bridgehead atoms. The Morgan fingerprint density at radius 1 is 1.08 bits per heavy atom. The van der Waals surface area contributed by atoms with E-state index >= 15 is 0 Å². The zero-order valence-electron chi connectivity index (χ0n) is 14.2. The predicted molar refractivity (Wildman–Crippen MR) is 89.7 cm³/mol. The number of nitrogens with zero attached hydrogens (tertiary/aromatic N) is 4. The van der Waals surface area contributed by atoms with Crippen LogP contribution in [0.3, 0.4) is 0 Å². The summed E-state index contributed by atoms with van der Waals surface area (Å²) >= 11 is 0. The Labute approximate surface area is 143 Å². The van der Waals surface area contributed by atoms with Gasteiger partial charge < -0.3 is 4.90 Å². The van der Waals surface area contributed by atoms with Gasteiger partial charge in [0.15, 0.2) is 0 Å². The second kappa shape index (κ2) is 7.23. The molecule has 0 spiro atoms. The highest BCUT2D eigenvalue weighted by Crippen LogP contribution is 2.26. The van der Waals surface area contributed by atoms with E-state index in [9.17, 15) is 13.2 Å². The van der Waals surface area contributed by atoms with Gasteiger partial charge in [-0.15, -0.1) is 0 Å². The van der Waals surface area contributed by atoms with Crippen LogP contribution in [0, 0.1) is 5.92 Å². The zero-order valence-corrected chi connectivity index (χ0v) is 15.0. The summed E-state index contributed by atoms with van der Waals surface area (Å²) in [5, 5.41) is 3.95. The molecule has 1 saturated heterocycles. The van der Waals surface area contributed by atoms with Crippen LogP contribution >= 0.6 is 0 Å². The van der Waals surface area contributed by atoms with Gasteiger partial charge in [0, 0.05) is 45.3 Å². The Kier molecular flexibility index (Phi) is 5.24. The lowest BCUT2D eigenvalue weighted by Crippen LogP contribution is -2.40. The van der Waals surface area contributed by atoms with Gasteiger partial charge in [-0.05, 0) is 19.3 Å². The highest BCUT2D eigenvalue weighted by molar-refractivity contribution is 7.89. The molecule has 1 amide bonds. The van der Waals surface area contributed by atoms with Gasteiger partial charge in [0.05, 0.1) is 6.20 Å². The van der Waals surface area contributed by atoms with Crippen LogP contribution in [-0.4, -0.2) is 59.5 Å². The average molecular weight is 354 g/mol. The van der Waals surface area contributed by atoms with E-state index in [1.54, 1.807) is 7.05 Å². The maximum atomic E-state index is 12.7. The lowest BCUT2D eigenvalue weighted by molar-refractivity contribution is -0.136. The van der Waals surface area contributed by atoms with Crippen LogP contribution < -0.4 is 0 Å². The van der Waals surface area contributed by atoms with Crippen molar-refractivity contribution in [3.63, 3.8) is 0 Å². The Morgan fingerprint density at radius 3 is 2.50 bits per heavy atom. The van der Waals surface area contributed by atoms with Gasteiger partial charge >= 0.3 is 0 Å². The standard InChI is InChI=1S/C16H26N4O3S/c1-18-13-15(12-17-18)24(22,23)20-9-5-8-19(10-11-20)16(21)14-6-3-2-4-7-14/h12-14H,2-11H2,1H3. The van der Waals surface area contributed by atoms with Crippen molar-refractivity contribution in [2.24, 2.45) is 13.0 Å². The summed E-state index contributed by atoms with van der Waals surface area (Å²) in [5.74, 6) is 0.357. The largest absolute Gasteiger partial charge is 0.341 e. The van der Waals surface area contributed by atoms with E-state index in [2.05, 4.69) is 5.10 Å². The molecule has 134 valence electrons. The monoisotopic (exact) mass is 354 g/mol. The summed E-state index contributed by atoms with van der Waals surface area (Å²) in [6.07, 6.45) is 9.02. The van der Waals surface area contributed by atoms with E-state index < -0.39 is 10.0 Å². The molecule has 0 unspecified atom stereocenters. The molecule has 1 aromatic rings. The van der Waals surface area contributed by atoms with Gasteiger partial charge in [-0.3, -0.25) is 9.48 Å². The SMILES string of the molecule is Cn1cc(S(=O)(=O)N2CCCN(C(=O)C3CCCCC3)CC2)cn1. The highest BCUT2D eigenvalue weighted by Gasteiger charge is 2.31. The Morgan fingerprint density at radius 2 is 1.83 bits per heavy atom. The summed E-state index contributed by atoms with van der Waals surface area (Å²) in [5.41, 5.74) is 0. The van der Waals surface area contributed by atoms with Gasteiger partial charge in [-0.25, -0.2) is 8.42 Å². The van der Waals surface area contributed by atoms with E-state index in [1.807, 2.05) is 4.90 Å². The lowest BCUT2D eigenvalue weighted by atomic mass is 9.88. The smallest absolute Gasteiger partial charge is 0.246 e. The molecule has 1 saturated carbocycles. The quantitative estimate of drug-likeness (QED) is 0.818. The summed E-state index contributed by atoms with van der Waals surface area (Å²) < 4.78 is 28.4. The molecule has 2 heterocycles. The molecule has 2 fully saturated rings. The number of rotatable bonds is 3. The van der Waals surface area contributed by atoms with Gasteiger partial charge in [0.2, 0.25) is 15.9 Å². The minimum absolute atomic E-state index is 0.139. The van der Waals surface area contributed by atoms with E-state index in [-0.39, 0.29) is 16.7 Å². The molecule has 7 nitrogen and oxygen atoms in total. The summed E-state index contributed by atoms with van der Waals surface area (Å²) in [6.45, 7) is 1.94. The predicted octanol–water partition coefficient (Wildman–Crippen LogP) is 1.22. The minimum atomic E-state index is -3.53. The fourth-order valence-electron chi connectivity index (χ4n) is 3.64. The molecule has 0 radical (unpaired) electrons. The maximum Gasteiger partial charge on any atom is 0.246 e. The maximum absolute atomic E-state index is 12.7. The van der Waals surface area contributed by atoms with E-state index in [0.717, 1.165) is 25.7 Å². The zero-order chi connectivity index (χ0) is 17.2. The molecule has 1 aromatic heterocycles. The number of amides is 1. The minimum Gasteiger partial charge on any atom is -0.341 e. The molecule has 8 heteroatoms. The molecule has 0 aromatic carbocycles. The van der Waals surface area contributed by atoms with Crippen molar-refractivity contribution in [3.8, 4) is 0 Å². The third-order valence-corrected chi connectivity index (χ3v) is 6.89. The van der Waals surface area contributed by atoms with Crippen LogP contribution in [0.1, 0.15) is 38.5 Å². The van der Waals surface area contributed by atoms with Gasteiger partial charge in [-0.2, -0.15) is 9.40 Å². The summed E-state index contributed by atoms with van der Waals surface area (Å²) in [6, 6.07) is 0. The molecule has 0 atom stereocenters. The fraction of sp³-hybridized carbons (Fsp3) is 0.750. The van der Waals surface area contributed by atoms with Crippen molar-refractivity contribution in [2.75, 3.05) is 26.2 Å². The average Bonchev–Trinajstić information content (AvgIpc) is 2.88. The molecule has 24 heavy (non-hydrogen) atoms. The molecular formula is C16H26N4O3S. The second-order valence-corrected chi connectivity index (χ2v) is 8.71. The summed E-state index contributed by atoms with van der Waals surface area (Å²) in [4.78, 5) is 14.8. The van der Waals surface area contributed by atoms with Crippen molar-refractivity contribution in [3.05, 3.63) is 12.4 Å². The van der Waals surface area contributed by atoms with E-state index in [4.69, 9.17) is 0 Å². The first kappa shape index (κ1) is 17.4. The van der Waals surface area contributed by atoms with Crippen molar-refractivity contribution >= 4 is 15.9 Å². The summed E-state index contributed by atoms with van der Waals surface area (Å²) in [7, 11) is -1.83. The number of aromatic nitrogens is 2.